The Morgan fingerprint density at radius 1 is 1.32 bits per heavy atom. The van der Waals surface area contributed by atoms with Crippen molar-refractivity contribution in [3.8, 4) is 11.5 Å². The SMILES string of the molecule is COc1cc(C=NNC(=O)CSc2nnc(N)s2)cc(Br)c1OCc1ccc(C)cc1. The Bertz CT molecular complexity index is 1070. The van der Waals surface area contributed by atoms with Crippen LogP contribution < -0.4 is 20.6 Å². The molecule has 0 aliphatic heterocycles. The van der Waals surface area contributed by atoms with Crippen molar-refractivity contribution in [3.63, 3.8) is 0 Å². The van der Waals surface area contributed by atoms with Gasteiger partial charge in [-0.3, -0.25) is 4.79 Å². The van der Waals surface area contributed by atoms with Gasteiger partial charge in [0.15, 0.2) is 15.8 Å². The number of carbonyl (C=O) groups is 1. The Kier molecular flexibility index (Phi) is 8.27. The molecule has 0 unspecified atom stereocenters. The van der Waals surface area contributed by atoms with Gasteiger partial charge in [0.25, 0.3) is 5.91 Å². The number of thioether (sulfide) groups is 1. The van der Waals surface area contributed by atoms with Crippen molar-refractivity contribution in [3.05, 3.63) is 57.6 Å². The number of nitrogens with two attached hydrogens (primary N) is 1. The maximum Gasteiger partial charge on any atom is 0.250 e. The number of hydrogen-bond acceptors (Lipinski definition) is 9. The molecule has 0 saturated heterocycles. The van der Waals surface area contributed by atoms with Crippen LogP contribution in [0.3, 0.4) is 0 Å². The van der Waals surface area contributed by atoms with E-state index in [1.807, 2.05) is 37.3 Å². The lowest BCUT2D eigenvalue weighted by Gasteiger charge is -2.13. The van der Waals surface area contributed by atoms with Crippen LogP contribution in [0.25, 0.3) is 0 Å². The van der Waals surface area contributed by atoms with Gasteiger partial charge in [0, 0.05) is 0 Å². The topological polar surface area (TPSA) is 112 Å². The molecule has 1 aromatic heterocycles. The highest BCUT2D eigenvalue weighted by Gasteiger charge is 2.12. The lowest BCUT2D eigenvalue weighted by molar-refractivity contribution is -0.118. The smallest absolute Gasteiger partial charge is 0.250 e. The number of halogens is 1. The van der Waals surface area contributed by atoms with E-state index >= 15 is 0 Å². The monoisotopic (exact) mass is 521 g/mol. The van der Waals surface area contributed by atoms with Crippen LogP contribution in [0.1, 0.15) is 16.7 Å². The average Bonchev–Trinajstić information content (AvgIpc) is 3.17. The highest BCUT2D eigenvalue weighted by atomic mass is 79.9. The number of nitrogens with zero attached hydrogens (tertiary/aromatic N) is 3. The number of ether oxygens (including phenoxy) is 2. The van der Waals surface area contributed by atoms with Crippen LogP contribution in [0.2, 0.25) is 0 Å². The third-order valence-corrected chi connectivity index (χ3v) is 6.38. The van der Waals surface area contributed by atoms with E-state index in [4.69, 9.17) is 15.2 Å². The number of rotatable bonds is 9. The average molecular weight is 522 g/mol. The molecular formula is C20H20BrN5O3S2. The van der Waals surface area contributed by atoms with E-state index < -0.39 is 0 Å². The summed E-state index contributed by atoms with van der Waals surface area (Å²) in [6.45, 7) is 2.46. The van der Waals surface area contributed by atoms with E-state index in [1.165, 1.54) is 34.9 Å². The van der Waals surface area contributed by atoms with Crippen LogP contribution in [0, 0.1) is 6.92 Å². The van der Waals surface area contributed by atoms with Gasteiger partial charge in [-0.1, -0.05) is 52.9 Å². The summed E-state index contributed by atoms with van der Waals surface area (Å²) < 4.78 is 12.8. The van der Waals surface area contributed by atoms with Crippen LogP contribution in [0.15, 0.2) is 50.3 Å². The lowest BCUT2D eigenvalue weighted by atomic mass is 10.2. The fourth-order valence-electron chi connectivity index (χ4n) is 2.41. The summed E-state index contributed by atoms with van der Waals surface area (Å²) in [5.74, 6) is 1.04. The minimum absolute atomic E-state index is 0.158. The molecule has 31 heavy (non-hydrogen) atoms. The minimum Gasteiger partial charge on any atom is -0.493 e. The highest BCUT2D eigenvalue weighted by molar-refractivity contribution is 9.10. The number of methoxy groups -OCH3 is 1. The predicted octanol–water partition coefficient (Wildman–Crippen LogP) is 4.02. The number of nitrogen functional groups attached to an aromatic ring is 1. The Morgan fingerprint density at radius 2 is 2.10 bits per heavy atom. The van der Waals surface area contributed by atoms with Gasteiger partial charge in [-0.15, -0.1) is 10.2 Å². The van der Waals surface area contributed by atoms with Gasteiger partial charge in [-0.25, -0.2) is 5.43 Å². The molecule has 2 aromatic carbocycles. The molecule has 3 rings (SSSR count). The Morgan fingerprint density at radius 3 is 2.77 bits per heavy atom. The quantitative estimate of drug-likeness (QED) is 0.248. The first kappa shape index (κ1) is 23.0. The Hall–Kier alpha value is -2.63. The molecule has 3 N–H and O–H groups in total. The molecule has 162 valence electrons. The van der Waals surface area contributed by atoms with Gasteiger partial charge < -0.3 is 15.2 Å². The Balaban J connectivity index is 1.57. The molecule has 1 heterocycles. The van der Waals surface area contributed by atoms with Crippen molar-refractivity contribution in [1.29, 1.82) is 0 Å². The van der Waals surface area contributed by atoms with Crippen LogP contribution in [0.4, 0.5) is 5.13 Å². The molecule has 3 aromatic rings. The van der Waals surface area contributed by atoms with Crippen LogP contribution >= 0.6 is 39.0 Å². The summed E-state index contributed by atoms with van der Waals surface area (Å²) in [5, 5.41) is 11.9. The molecule has 0 aliphatic rings. The second kappa shape index (κ2) is 11.1. The normalized spacial score (nSPS) is 10.9. The third kappa shape index (κ3) is 6.94. The van der Waals surface area contributed by atoms with Gasteiger partial charge >= 0.3 is 0 Å². The molecule has 11 heteroatoms. The summed E-state index contributed by atoms with van der Waals surface area (Å²) in [6.07, 6.45) is 1.53. The van der Waals surface area contributed by atoms with Crippen molar-refractivity contribution < 1.29 is 14.3 Å². The van der Waals surface area contributed by atoms with E-state index in [-0.39, 0.29) is 11.7 Å². The van der Waals surface area contributed by atoms with E-state index in [0.717, 1.165) is 15.6 Å². The van der Waals surface area contributed by atoms with Crippen LogP contribution in [-0.2, 0) is 11.4 Å². The van der Waals surface area contributed by atoms with Crippen LogP contribution in [-0.4, -0.2) is 35.2 Å². The molecule has 1 amide bonds. The second-order valence-electron chi connectivity index (χ2n) is 6.30. The third-order valence-electron chi connectivity index (χ3n) is 3.91. The van der Waals surface area contributed by atoms with Crippen molar-refractivity contribution in [2.75, 3.05) is 18.6 Å². The van der Waals surface area contributed by atoms with Gasteiger partial charge in [0.2, 0.25) is 5.13 Å². The fourth-order valence-corrected chi connectivity index (χ4v) is 4.41. The number of aromatic nitrogens is 2. The van der Waals surface area contributed by atoms with Crippen molar-refractivity contribution in [2.45, 2.75) is 17.9 Å². The molecule has 0 fully saturated rings. The molecule has 0 radical (unpaired) electrons. The summed E-state index contributed by atoms with van der Waals surface area (Å²) in [7, 11) is 1.57. The lowest BCUT2D eigenvalue weighted by Crippen LogP contribution is -2.19. The molecule has 8 nitrogen and oxygen atoms in total. The zero-order chi connectivity index (χ0) is 22.2. The van der Waals surface area contributed by atoms with Crippen molar-refractivity contribution >= 4 is 56.3 Å². The van der Waals surface area contributed by atoms with Gasteiger partial charge in [-0.2, -0.15) is 5.10 Å². The summed E-state index contributed by atoms with van der Waals surface area (Å²) in [4.78, 5) is 11.9. The fraction of sp³-hybridized carbons (Fsp3) is 0.200. The largest absolute Gasteiger partial charge is 0.493 e. The first-order valence-electron chi connectivity index (χ1n) is 9.04. The number of carbonyl (C=O) groups excluding carboxylic acids is 1. The predicted molar refractivity (Wildman–Crippen MR) is 127 cm³/mol. The highest BCUT2D eigenvalue weighted by Crippen LogP contribution is 2.36. The van der Waals surface area contributed by atoms with Gasteiger partial charge in [-0.05, 0) is 46.1 Å². The van der Waals surface area contributed by atoms with Crippen molar-refractivity contribution in [2.24, 2.45) is 5.10 Å². The number of aryl methyl sites for hydroxylation is 1. The second-order valence-corrected chi connectivity index (χ2v) is 9.38. The van der Waals surface area contributed by atoms with E-state index in [0.29, 0.717) is 27.6 Å². The van der Waals surface area contributed by atoms with E-state index in [2.05, 4.69) is 36.7 Å². The molecule has 0 saturated carbocycles. The van der Waals surface area contributed by atoms with E-state index in [1.54, 1.807) is 13.2 Å². The zero-order valence-electron chi connectivity index (χ0n) is 16.8. The number of amides is 1. The standard InChI is InChI=1S/C20H20BrN5O3S2/c1-12-3-5-13(6-4-12)10-29-18-15(21)7-14(8-16(18)28-2)9-23-24-17(27)11-30-20-26-25-19(22)31-20/h3-9H,10-11H2,1-2H3,(H2,22,25)(H,24,27). The minimum atomic E-state index is -0.265. The van der Waals surface area contributed by atoms with Crippen molar-refractivity contribution in [1.82, 2.24) is 15.6 Å². The van der Waals surface area contributed by atoms with E-state index in [9.17, 15) is 4.79 Å². The molecule has 0 atom stereocenters. The van der Waals surface area contributed by atoms with Gasteiger partial charge in [0.1, 0.15) is 6.61 Å². The molecule has 0 spiro atoms. The number of nitrogens with one attached hydrogen (secondary N) is 1. The summed E-state index contributed by atoms with van der Waals surface area (Å²) in [6, 6.07) is 11.8. The first-order valence-corrected chi connectivity index (χ1v) is 11.6. The maximum atomic E-state index is 11.9. The molecule has 0 aliphatic carbocycles. The Labute approximate surface area is 196 Å². The van der Waals surface area contributed by atoms with Crippen LogP contribution in [0.5, 0.6) is 11.5 Å². The molecular weight excluding hydrogens is 502 g/mol. The first-order chi connectivity index (χ1) is 14.9. The summed E-state index contributed by atoms with van der Waals surface area (Å²) >= 11 is 5.99. The number of hydrogen-bond donors (Lipinski definition) is 2. The van der Waals surface area contributed by atoms with Gasteiger partial charge in [0.05, 0.1) is 23.5 Å². The maximum absolute atomic E-state index is 11.9. The zero-order valence-corrected chi connectivity index (χ0v) is 20.0. The summed E-state index contributed by atoms with van der Waals surface area (Å²) in [5.41, 5.74) is 11.0. The number of anilines is 1. The molecule has 0 bridgehead atoms. The number of benzene rings is 2. The number of hydrazone groups is 1.